The van der Waals surface area contributed by atoms with Crippen molar-refractivity contribution >= 4 is 10.0 Å². The zero-order valence-corrected chi connectivity index (χ0v) is 13.3. The Morgan fingerprint density at radius 1 is 1.40 bits per heavy atom. The van der Waals surface area contributed by atoms with Gasteiger partial charge in [0.25, 0.3) is 0 Å². The zero-order valence-electron chi connectivity index (χ0n) is 12.5. The van der Waals surface area contributed by atoms with E-state index in [4.69, 9.17) is 5.26 Å². The number of hydrogen-bond acceptors (Lipinski definition) is 3. The molecule has 1 aliphatic carbocycles. The molecule has 5 heteroatoms. The van der Waals surface area contributed by atoms with Gasteiger partial charge in [0.15, 0.2) is 0 Å². The fraction of sp³-hybridized carbons (Fsp3) is 0.667. The number of rotatable bonds is 7. The fourth-order valence-electron chi connectivity index (χ4n) is 2.31. The van der Waals surface area contributed by atoms with E-state index in [0.29, 0.717) is 12.1 Å². The summed E-state index contributed by atoms with van der Waals surface area (Å²) in [6.45, 7) is 6.04. The molecule has 1 aliphatic rings. The number of hydrogen-bond donors (Lipinski definition) is 1. The molecule has 0 amide bonds. The Morgan fingerprint density at radius 3 is 2.70 bits per heavy atom. The van der Waals surface area contributed by atoms with Crippen LogP contribution >= 0.6 is 0 Å². The molecule has 0 aromatic carbocycles. The minimum atomic E-state index is -3.49. The Balaban J connectivity index is 2.74. The molecule has 0 spiro atoms. The lowest BCUT2D eigenvalue weighted by molar-refractivity contribution is 0.492. The van der Waals surface area contributed by atoms with Crippen LogP contribution in [0.1, 0.15) is 46.5 Å². The Bertz CT molecular complexity index is 529. The van der Waals surface area contributed by atoms with Gasteiger partial charge < -0.3 is 0 Å². The van der Waals surface area contributed by atoms with E-state index in [1.165, 1.54) is 0 Å². The quantitative estimate of drug-likeness (QED) is 0.734. The first kappa shape index (κ1) is 16.9. The van der Waals surface area contributed by atoms with Gasteiger partial charge in [-0.1, -0.05) is 45.3 Å². The summed E-state index contributed by atoms with van der Waals surface area (Å²) in [5, 5.41) is 9.07. The van der Waals surface area contributed by atoms with Crippen molar-refractivity contribution in [1.82, 2.24) is 4.72 Å². The number of unbranched alkanes of at least 4 members (excludes halogenated alkanes) is 3. The van der Waals surface area contributed by atoms with Crippen LogP contribution in [0.4, 0.5) is 0 Å². The van der Waals surface area contributed by atoms with E-state index in [2.05, 4.69) is 17.7 Å². The minimum absolute atomic E-state index is 0.342. The summed E-state index contributed by atoms with van der Waals surface area (Å²) in [7, 11) is -3.49. The standard InChI is InChI=1S/C15H24N2O2S/c1-4-5-6-7-11-17-20(18,19)15(3)10-8-9-14(12-16)13(15)2/h8-10,13,17H,4-7,11H2,1-3H3. The molecule has 4 nitrogen and oxygen atoms in total. The van der Waals surface area contributed by atoms with Crippen LogP contribution in [0.15, 0.2) is 23.8 Å². The largest absolute Gasteiger partial charge is 0.221 e. The van der Waals surface area contributed by atoms with Gasteiger partial charge in [-0.15, -0.1) is 0 Å². The molecule has 0 saturated carbocycles. The molecule has 0 bridgehead atoms. The average molecular weight is 296 g/mol. The van der Waals surface area contributed by atoms with E-state index in [0.717, 1.165) is 25.7 Å². The maximum atomic E-state index is 12.5. The van der Waals surface area contributed by atoms with Crippen molar-refractivity contribution in [1.29, 1.82) is 5.26 Å². The van der Waals surface area contributed by atoms with Gasteiger partial charge in [-0.05, 0) is 19.4 Å². The highest BCUT2D eigenvalue weighted by molar-refractivity contribution is 7.91. The van der Waals surface area contributed by atoms with E-state index >= 15 is 0 Å². The smallest absolute Gasteiger partial charge is 0.214 e. The summed E-state index contributed by atoms with van der Waals surface area (Å²) in [5.41, 5.74) is 0.506. The highest BCUT2D eigenvalue weighted by Crippen LogP contribution is 2.35. The average Bonchev–Trinajstić information content (AvgIpc) is 2.41. The van der Waals surface area contributed by atoms with Crippen molar-refractivity contribution in [3.8, 4) is 6.07 Å². The molecular weight excluding hydrogens is 272 g/mol. The van der Waals surface area contributed by atoms with Gasteiger partial charge in [-0.2, -0.15) is 5.26 Å². The molecule has 1 N–H and O–H groups in total. The van der Waals surface area contributed by atoms with Crippen molar-refractivity contribution in [2.24, 2.45) is 5.92 Å². The molecule has 112 valence electrons. The summed E-state index contributed by atoms with van der Waals surface area (Å²) < 4.78 is 26.7. The zero-order chi connectivity index (χ0) is 15.2. The lowest BCUT2D eigenvalue weighted by atomic mass is 9.84. The highest BCUT2D eigenvalue weighted by atomic mass is 32.2. The van der Waals surface area contributed by atoms with E-state index in [1.807, 2.05) is 0 Å². The Kier molecular flexibility index (Phi) is 5.97. The molecule has 2 unspecified atom stereocenters. The van der Waals surface area contributed by atoms with Gasteiger partial charge in [0, 0.05) is 18.0 Å². The van der Waals surface area contributed by atoms with Gasteiger partial charge in [0.1, 0.15) is 4.75 Å². The molecule has 20 heavy (non-hydrogen) atoms. The predicted molar refractivity (Wildman–Crippen MR) is 81.5 cm³/mol. The number of allylic oxidation sites excluding steroid dienone is 3. The molecule has 0 aromatic heterocycles. The third-order valence-electron chi connectivity index (χ3n) is 4.06. The van der Waals surface area contributed by atoms with Gasteiger partial charge in [0.05, 0.1) is 6.07 Å². The van der Waals surface area contributed by atoms with Crippen molar-refractivity contribution in [2.45, 2.75) is 51.2 Å². The minimum Gasteiger partial charge on any atom is -0.214 e. The van der Waals surface area contributed by atoms with Crippen LogP contribution in [-0.4, -0.2) is 19.7 Å². The maximum Gasteiger partial charge on any atom is 0.221 e. The monoisotopic (exact) mass is 296 g/mol. The van der Waals surface area contributed by atoms with Gasteiger partial charge >= 0.3 is 0 Å². The summed E-state index contributed by atoms with van der Waals surface area (Å²) in [6.07, 6.45) is 9.15. The summed E-state index contributed by atoms with van der Waals surface area (Å²) in [4.78, 5) is 0. The maximum absolute atomic E-state index is 12.5. The SMILES string of the molecule is CCCCCCNS(=O)(=O)C1(C)C=CC=C(C#N)C1C. The summed E-state index contributed by atoms with van der Waals surface area (Å²) in [6, 6.07) is 2.08. The molecule has 0 heterocycles. The van der Waals surface area contributed by atoms with Crippen LogP contribution in [0.2, 0.25) is 0 Å². The van der Waals surface area contributed by atoms with Gasteiger partial charge in [-0.25, -0.2) is 13.1 Å². The highest BCUT2D eigenvalue weighted by Gasteiger charge is 2.44. The molecule has 2 atom stereocenters. The van der Waals surface area contributed by atoms with Crippen molar-refractivity contribution in [3.05, 3.63) is 23.8 Å². The van der Waals surface area contributed by atoms with E-state index in [-0.39, 0.29) is 5.92 Å². The van der Waals surface area contributed by atoms with Crippen molar-refractivity contribution in [3.63, 3.8) is 0 Å². The van der Waals surface area contributed by atoms with Crippen LogP contribution in [0, 0.1) is 17.2 Å². The first-order valence-electron chi connectivity index (χ1n) is 7.17. The number of nitriles is 1. The molecule has 0 radical (unpaired) electrons. The molecule has 0 aliphatic heterocycles. The van der Waals surface area contributed by atoms with Gasteiger partial charge in [0.2, 0.25) is 10.0 Å². The van der Waals surface area contributed by atoms with Crippen LogP contribution in [-0.2, 0) is 10.0 Å². The van der Waals surface area contributed by atoms with E-state index < -0.39 is 14.8 Å². The fourth-order valence-corrected chi connectivity index (χ4v) is 3.88. The normalized spacial score (nSPS) is 26.1. The number of nitrogens with zero attached hydrogens (tertiary/aromatic N) is 1. The summed E-state index contributed by atoms with van der Waals surface area (Å²) >= 11 is 0. The Labute approximate surface area is 122 Å². The second-order valence-electron chi connectivity index (χ2n) is 5.46. The lowest BCUT2D eigenvalue weighted by Gasteiger charge is -2.34. The van der Waals surface area contributed by atoms with Gasteiger partial charge in [-0.3, -0.25) is 0 Å². The number of sulfonamides is 1. The second kappa shape index (κ2) is 7.05. The van der Waals surface area contributed by atoms with Crippen LogP contribution < -0.4 is 4.72 Å². The second-order valence-corrected chi connectivity index (χ2v) is 7.63. The third kappa shape index (κ3) is 3.50. The molecule has 0 fully saturated rings. The third-order valence-corrected chi connectivity index (χ3v) is 6.29. The van der Waals surface area contributed by atoms with E-state index in [1.54, 1.807) is 32.1 Å². The Morgan fingerprint density at radius 2 is 2.10 bits per heavy atom. The summed E-state index contributed by atoms with van der Waals surface area (Å²) in [5.74, 6) is -0.342. The Hall–Kier alpha value is -1.12. The predicted octanol–water partition coefficient (Wildman–Crippen LogP) is 2.90. The van der Waals surface area contributed by atoms with Crippen LogP contribution in [0.25, 0.3) is 0 Å². The van der Waals surface area contributed by atoms with Crippen LogP contribution in [0.5, 0.6) is 0 Å². The van der Waals surface area contributed by atoms with Crippen molar-refractivity contribution in [2.75, 3.05) is 6.54 Å². The number of nitrogens with one attached hydrogen (secondary N) is 1. The van der Waals surface area contributed by atoms with E-state index in [9.17, 15) is 8.42 Å². The molecular formula is C15H24N2O2S. The molecule has 0 aromatic rings. The topological polar surface area (TPSA) is 70.0 Å². The van der Waals surface area contributed by atoms with Crippen LogP contribution in [0.3, 0.4) is 0 Å². The lowest BCUT2D eigenvalue weighted by Crippen LogP contribution is -2.48. The van der Waals surface area contributed by atoms with Crippen molar-refractivity contribution < 1.29 is 8.42 Å². The first-order valence-corrected chi connectivity index (χ1v) is 8.66. The molecule has 1 rings (SSSR count). The molecule has 0 saturated heterocycles. The first-order chi connectivity index (χ1) is 9.39.